The molecule has 0 atom stereocenters. The second-order valence-electron chi connectivity index (χ2n) is 3.89. The Hall–Kier alpha value is -2.48. The number of nitro groups is 1. The summed E-state index contributed by atoms with van der Waals surface area (Å²) >= 11 is 3.08. The van der Waals surface area contributed by atoms with E-state index in [1.54, 1.807) is 0 Å². The number of carbonyl (C=O) groups is 1. The summed E-state index contributed by atoms with van der Waals surface area (Å²) < 4.78 is 19.1. The van der Waals surface area contributed by atoms with Crippen molar-refractivity contribution in [3.05, 3.63) is 62.4 Å². The molecule has 0 aromatic heterocycles. The number of nitro benzene ring substituents is 1. The third kappa shape index (κ3) is 3.16. The van der Waals surface area contributed by atoms with Gasteiger partial charge in [-0.2, -0.15) is 0 Å². The summed E-state index contributed by atoms with van der Waals surface area (Å²) in [6.07, 6.45) is 0. The maximum atomic E-state index is 13.5. The number of benzene rings is 2. The number of hydrogen-bond acceptors (Lipinski definition) is 4. The lowest BCUT2D eigenvalue weighted by atomic mass is 10.2. The molecule has 0 fully saturated rings. The fourth-order valence-corrected chi connectivity index (χ4v) is 2.05. The van der Waals surface area contributed by atoms with Crippen LogP contribution in [0, 0.1) is 15.9 Å². The van der Waals surface area contributed by atoms with Crippen molar-refractivity contribution in [2.75, 3.05) is 0 Å². The average Bonchev–Trinajstić information content (AvgIpc) is 2.40. The van der Waals surface area contributed by atoms with E-state index in [0.717, 1.165) is 6.07 Å². The van der Waals surface area contributed by atoms with Crippen molar-refractivity contribution in [1.82, 2.24) is 0 Å². The van der Waals surface area contributed by atoms with Crippen molar-refractivity contribution >= 4 is 27.6 Å². The minimum absolute atomic E-state index is 0.133. The molecule has 2 aromatic rings. The van der Waals surface area contributed by atoms with Crippen LogP contribution >= 0.6 is 15.9 Å². The lowest BCUT2D eigenvalue weighted by Gasteiger charge is -2.10. The minimum Gasteiger partial charge on any atom is -0.477 e. The van der Waals surface area contributed by atoms with Gasteiger partial charge in [-0.15, -0.1) is 0 Å². The SMILES string of the molecule is O=C(O)c1c(F)cccc1Oc1ccc([N+](=O)[O-])cc1Br. The molecular weight excluding hydrogens is 349 g/mol. The van der Waals surface area contributed by atoms with Gasteiger partial charge in [0.2, 0.25) is 0 Å². The van der Waals surface area contributed by atoms with Crippen molar-refractivity contribution in [2.45, 2.75) is 0 Å². The lowest BCUT2D eigenvalue weighted by Crippen LogP contribution is -2.03. The van der Waals surface area contributed by atoms with Crippen molar-refractivity contribution in [1.29, 1.82) is 0 Å². The van der Waals surface area contributed by atoms with Gasteiger partial charge in [0.1, 0.15) is 22.9 Å². The van der Waals surface area contributed by atoms with Gasteiger partial charge in [-0.25, -0.2) is 9.18 Å². The Balaban J connectivity index is 2.42. The number of non-ortho nitro benzene ring substituents is 1. The Morgan fingerprint density at radius 2 is 2.00 bits per heavy atom. The maximum absolute atomic E-state index is 13.5. The molecule has 0 aliphatic rings. The van der Waals surface area contributed by atoms with E-state index in [4.69, 9.17) is 9.84 Å². The van der Waals surface area contributed by atoms with Crippen LogP contribution in [-0.4, -0.2) is 16.0 Å². The van der Waals surface area contributed by atoms with Gasteiger partial charge < -0.3 is 9.84 Å². The van der Waals surface area contributed by atoms with Crippen LogP contribution in [0.25, 0.3) is 0 Å². The van der Waals surface area contributed by atoms with E-state index in [1.807, 2.05) is 0 Å². The van der Waals surface area contributed by atoms with Crippen molar-refractivity contribution in [3.8, 4) is 11.5 Å². The van der Waals surface area contributed by atoms with Crippen LogP contribution in [0.3, 0.4) is 0 Å². The zero-order chi connectivity index (χ0) is 15.6. The standard InChI is InChI=1S/C13H7BrFNO5/c14-8-6-7(16(19)20)4-5-10(8)21-11-3-1-2-9(15)12(11)13(17)18/h1-6H,(H,17,18). The molecule has 0 saturated heterocycles. The van der Waals surface area contributed by atoms with Gasteiger partial charge in [-0.3, -0.25) is 10.1 Å². The molecule has 6 nitrogen and oxygen atoms in total. The van der Waals surface area contributed by atoms with E-state index in [-0.39, 0.29) is 21.7 Å². The van der Waals surface area contributed by atoms with Gasteiger partial charge in [0.15, 0.2) is 0 Å². The number of ether oxygens (including phenoxy) is 1. The lowest BCUT2D eigenvalue weighted by molar-refractivity contribution is -0.384. The predicted octanol–water partition coefficient (Wildman–Crippen LogP) is 3.99. The fourth-order valence-electron chi connectivity index (χ4n) is 1.60. The highest BCUT2D eigenvalue weighted by Gasteiger charge is 2.19. The van der Waals surface area contributed by atoms with Gasteiger partial charge in [0.05, 0.1) is 9.40 Å². The molecule has 8 heteroatoms. The van der Waals surface area contributed by atoms with E-state index < -0.39 is 22.3 Å². The highest BCUT2D eigenvalue weighted by Crippen LogP contribution is 2.34. The smallest absolute Gasteiger partial charge is 0.342 e. The Kier molecular flexibility index (Phi) is 4.18. The normalized spacial score (nSPS) is 10.2. The Labute approximate surface area is 126 Å². The number of aromatic carboxylic acids is 1. The summed E-state index contributed by atoms with van der Waals surface area (Å²) in [5.41, 5.74) is -0.769. The van der Waals surface area contributed by atoms with Gasteiger partial charge >= 0.3 is 5.97 Å². The molecule has 0 aliphatic heterocycles. The summed E-state index contributed by atoms with van der Waals surface area (Å²) in [6, 6.07) is 7.28. The first-order chi connectivity index (χ1) is 9.90. The van der Waals surface area contributed by atoms with Crippen molar-refractivity contribution in [3.63, 3.8) is 0 Å². The monoisotopic (exact) mass is 355 g/mol. The first-order valence-electron chi connectivity index (χ1n) is 5.53. The highest BCUT2D eigenvalue weighted by molar-refractivity contribution is 9.10. The summed E-state index contributed by atoms with van der Waals surface area (Å²) in [7, 11) is 0. The van der Waals surface area contributed by atoms with Crippen LogP contribution in [0.1, 0.15) is 10.4 Å². The van der Waals surface area contributed by atoms with Crippen molar-refractivity contribution < 1.29 is 24.0 Å². The summed E-state index contributed by atoms with van der Waals surface area (Å²) in [6.45, 7) is 0. The molecule has 0 saturated carbocycles. The van der Waals surface area contributed by atoms with Gasteiger partial charge in [0.25, 0.3) is 5.69 Å². The molecule has 0 unspecified atom stereocenters. The molecule has 0 bridgehead atoms. The van der Waals surface area contributed by atoms with E-state index in [9.17, 15) is 19.3 Å². The third-order valence-corrected chi connectivity index (χ3v) is 3.16. The molecule has 0 heterocycles. The molecule has 0 radical (unpaired) electrons. The van der Waals surface area contributed by atoms with E-state index >= 15 is 0 Å². The number of carboxylic acids is 1. The third-order valence-electron chi connectivity index (χ3n) is 2.54. The molecule has 0 spiro atoms. The average molecular weight is 356 g/mol. The van der Waals surface area contributed by atoms with Crippen LogP contribution in [0.15, 0.2) is 40.9 Å². The molecule has 108 valence electrons. The zero-order valence-corrected chi connectivity index (χ0v) is 11.8. The van der Waals surface area contributed by atoms with Crippen molar-refractivity contribution in [2.24, 2.45) is 0 Å². The Morgan fingerprint density at radius 1 is 1.29 bits per heavy atom. The first kappa shape index (κ1) is 14.9. The van der Waals surface area contributed by atoms with Gasteiger partial charge in [-0.1, -0.05) is 6.07 Å². The number of carboxylic acid groups (broad SMARTS) is 1. The minimum atomic E-state index is -1.47. The number of nitrogens with zero attached hydrogens (tertiary/aromatic N) is 1. The number of rotatable bonds is 4. The summed E-state index contributed by atoms with van der Waals surface area (Å²) in [5.74, 6) is -2.47. The molecule has 0 aliphatic carbocycles. The van der Waals surface area contributed by atoms with E-state index in [1.165, 1.54) is 30.3 Å². The second-order valence-corrected chi connectivity index (χ2v) is 4.75. The first-order valence-corrected chi connectivity index (χ1v) is 6.33. The molecular formula is C13H7BrFNO5. The van der Waals surface area contributed by atoms with E-state index in [0.29, 0.717) is 0 Å². The topological polar surface area (TPSA) is 89.7 Å². The maximum Gasteiger partial charge on any atom is 0.342 e. The second kappa shape index (κ2) is 5.88. The Morgan fingerprint density at radius 3 is 2.57 bits per heavy atom. The van der Waals surface area contributed by atoms with E-state index in [2.05, 4.69) is 15.9 Å². The fraction of sp³-hybridized carbons (Fsp3) is 0. The van der Waals surface area contributed by atoms with Crippen LogP contribution < -0.4 is 4.74 Å². The largest absolute Gasteiger partial charge is 0.477 e. The van der Waals surface area contributed by atoms with Gasteiger partial charge in [-0.05, 0) is 34.1 Å². The number of halogens is 2. The van der Waals surface area contributed by atoms with Crippen LogP contribution in [0.4, 0.5) is 10.1 Å². The summed E-state index contributed by atoms with van der Waals surface area (Å²) in [4.78, 5) is 21.1. The molecule has 2 rings (SSSR count). The molecule has 21 heavy (non-hydrogen) atoms. The van der Waals surface area contributed by atoms with Crippen LogP contribution in [0.5, 0.6) is 11.5 Å². The van der Waals surface area contributed by atoms with Gasteiger partial charge in [0, 0.05) is 12.1 Å². The summed E-state index contributed by atoms with van der Waals surface area (Å²) in [5, 5.41) is 19.6. The highest BCUT2D eigenvalue weighted by atomic mass is 79.9. The predicted molar refractivity (Wildman–Crippen MR) is 74.2 cm³/mol. The quantitative estimate of drug-likeness (QED) is 0.661. The molecule has 1 N–H and O–H groups in total. The molecule has 0 amide bonds. The Bertz CT molecular complexity index is 734. The zero-order valence-electron chi connectivity index (χ0n) is 10.2. The van der Waals surface area contributed by atoms with Crippen LogP contribution in [-0.2, 0) is 0 Å². The van der Waals surface area contributed by atoms with Crippen LogP contribution in [0.2, 0.25) is 0 Å². The number of hydrogen-bond donors (Lipinski definition) is 1. The molecule has 2 aromatic carbocycles.